The zero-order valence-corrected chi connectivity index (χ0v) is 11.6. The molecule has 0 radical (unpaired) electrons. The summed E-state index contributed by atoms with van der Waals surface area (Å²) < 4.78 is 5.05. The van der Waals surface area contributed by atoms with Crippen LogP contribution in [0.4, 0.5) is 0 Å². The zero-order chi connectivity index (χ0) is 13.9. The Morgan fingerprint density at radius 2 is 2.00 bits per heavy atom. The van der Waals surface area contributed by atoms with Crippen LogP contribution in [0.2, 0.25) is 0 Å². The SMILES string of the molecule is CC(C)(C)c1cccc(CNC(=O)c2ccco2)c1. The van der Waals surface area contributed by atoms with E-state index in [4.69, 9.17) is 4.42 Å². The van der Waals surface area contributed by atoms with Gasteiger partial charge in [-0.3, -0.25) is 4.79 Å². The molecule has 1 N–H and O–H groups in total. The lowest BCUT2D eigenvalue weighted by Crippen LogP contribution is -2.22. The first kappa shape index (κ1) is 13.4. The van der Waals surface area contributed by atoms with Crippen LogP contribution in [0.3, 0.4) is 0 Å². The van der Waals surface area contributed by atoms with Gasteiger partial charge in [0.25, 0.3) is 5.91 Å². The van der Waals surface area contributed by atoms with Crippen LogP contribution in [0.15, 0.2) is 47.1 Å². The second kappa shape index (κ2) is 5.31. The van der Waals surface area contributed by atoms with Gasteiger partial charge in [0.1, 0.15) is 0 Å². The predicted molar refractivity (Wildman–Crippen MR) is 75.0 cm³/mol. The first-order chi connectivity index (χ1) is 8.97. The van der Waals surface area contributed by atoms with Crippen molar-refractivity contribution in [3.05, 3.63) is 59.5 Å². The van der Waals surface area contributed by atoms with Crippen LogP contribution in [0.5, 0.6) is 0 Å². The molecule has 0 atom stereocenters. The number of benzene rings is 1. The molecule has 0 aliphatic carbocycles. The largest absolute Gasteiger partial charge is 0.459 e. The Morgan fingerprint density at radius 1 is 1.21 bits per heavy atom. The van der Waals surface area contributed by atoms with Crippen LogP contribution >= 0.6 is 0 Å². The number of furan rings is 1. The Balaban J connectivity index is 2.02. The van der Waals surface area contributed by atoms with Crippen molar-refractivity contribution in [2.75, 3.05) is 0 Å². The summed E-state index contributed by atoms with van der Waals surface area (Å²) in [5, 5.41) is 2.85. The van der Waals surface area contributed by atoms with E-state index in [-0.39, 0.29) is 11.3 Å². The molecule has 100 valence electrons. The van der Waals surface area contributed by atoms with Gasteiger partial charge in [-0.25, -0.2) is 0 Å². The minimum Gasteiger partial charge on any atom is -0.459 e. The third-order valence-electron chi connectivity index (χ3n) is 2.99. The first-order valence-electron chi connectivity index (χ1n) is 6.38. The van der Waals surface area contributed by atoms with Gasteiger partial charge in [0.05, 0.1) is 6.26 Å². The molecule has 3 nitrogen and oxygen atoms in total. The van der Waals surface area contributed by atoms with Crippen molar-refractivity contribution < 1.29 is 9.21 Å². The van der Waals surface area contributed by atoms with Crippen LogP contribution in [-0.2, 0) is 12.0 Å². The van der Waals surface area contributed by atoms with Gasteiger partial charge >= 0.3 is 0 Å². The van der Waals surface area contributed by atoms with Crippen molar-refractivity contribution in [3.8, 4) is 0 Å². The maximum Gasteiger partial charge on any atom is 0.287 e. The normalized spacial score (nSPS) is 11.3. The third-order valence-corrected chi connectivity index (χ3v) is 2.99. The molecule has 0 saturated heterocycles. The summed E-state index contributed by atoms with van der Waals surface area (Å²) in [6.07, 6.45) is 1.50. The molecule has 19 heavy (non-hydrogen) atoms. The Labute approximate surface area is 113 Å². The van der Waals surface area contributed by atoms with E-state index < -0.39 is 0 Å². The van der Waals surface area contributed by atoms with Crippen molar-refractivity contribution in [2.45, 2.75) is 32.7 Å². The van der Waals surface area contributed by atoms with E-state index >= 15 is 0 Å². The highest BCUT2D eigenvalue weighted by Gasteiger charge is 2.14. The van der Waals surface area contributed by atoms with Crippen LogP contribution < -0.4 is 5.32 Å². The highest BCUT2D eigenvalue weighted by molar-refractivity contribution is 5.91. The molecule has 0 aliphatic rings. The first-order valence-corrected chi connectivity index (χ1v) is 6.38. The number of carbonyl (C=O) groups is 1. The van der Waals surface area contributed by atoms with E-state index in [2.05, 4.69) is 38.2 Å². The number of nitrogens with one attached hydrogen (secondary N) is 1. The highest BCUT2D eigenvalue weighted by Crippen LogP contribution is 2.22. The lowest BCUT2D eigenvalue weighted by Gasteiger charge is -2.19. The van der Waals surface area contributed by atoms with E-state index in [1.54, 1.807) is 12.1 Å². The fraction of sp³-hybridized carbons (Fsp3) is 0.312. The molecule has 1 amide bonds. The molecule has 0 fully saturated rings. The summed E-state index contributed by atoms with van der Waals surface area (Å²) in [6.45, 7) is 7.03. The van der Waals surface area contributed by atoms with E-state index in [0.29, 0.717) is 12.3 Å². The van der Waals surface area contributed by atoms with Gasteiger partial charge in [0.15, 0.2) is 5.76 Å². The Hall–Kier alpha value is -2.03. The summed E-state index contributed by atoms with van der Waals surface area (Å²) in [5.74, 6) is 0.151. The van der Waals surface area contributed by atoms with Gasteiger partial charge in [-0.15, -0.1) is 0 Å². The maximum atomic E-state index is 11.8. The summed E-state index contributed by atoms with van der Waals surface area (Å²) in [6, 6.07) is 11.6. The fourth-order valence-electron chi connectivity index (χ4n) is 1.83. The quantitative estimate of drug-likeness (QED) is 0.914. The molecule has 0 spiro atoms. The van der Waals surface area contributed by atoms with Gasteiger partial charge in [-0.05, 0) is 28.7 Å². The second-order valence-electron chi connectivity index (χ2n) is 5.61. The molecular formula is C16H19NO2. The van der Waals surface area contributed by atoms with Crippen molar-refractivity contribution in [1.29, 1.82) is 0 Å². The summed E-state index contributed by atoms with van der Waals surface area (Å²) in [4.78, 5) is 11.8. The standard InChI is InChI=1S/C16H19NO2/c1-16(2,3)13-7-4-6-12(10-13)11-17-15(18)14-8-5-9-19-14/h4-10H,11H2,1-3H3,(H,17,18). The van der Waals surface area contributed by atoms with E-state index in [0.717, 1.165) is 5.56 Å². The smallest absolute Gasteiger partial charge is 0.287 e. The van der Waals surface area contributed by atoms with E-state index in [1.807, 2.05) is 12.1 Å². The van der Waals surface area contributed by atoms with Gasteiger partial charge in [0.2, 0.25) is 0 Å². The monoisotopic (exact) mass is 257 g/mol. The number of carbonyl (C=O) groups excluding carboxylic acids is 1. The Bertz CT molecular complexity index is 550. The van der Waals surface area contributed by atoms with Gasteiger partial charge in [-0.1, -0.05) is 45.0 Å². The molecule has 2 rings (SSSR count). The molecule has 0 bridgehead atoms. The lowest BCUT2D eigenvalue weighted by molar-refractivity contribution is 0.0923. The molecule has 2 aromatic rings. The summed E-state index contributed by atoms with van der Waals surface area (Å²) >= 11 is 0. The minimum atomic E-state index is -0.189. The molecule has 1 aromatic heterocycles. The molecule has 3 heteroatoms. The fourth-order valence-corrected chi connectivity index (χ4v) is 1.83. The van der Waals surface area contributed by atoms with Crippen LogP contribution in [-0.4, -0.2) is 5.91 Å². The Kier molecular flexibility index (Phi) is 3.74. The van der Waals surface area contributed by atoms with Crippen molar-refractivity contribution >= 4 is 5.91 Å². The van der Waals surface area contributed by atoms with Crippen LogP contribution in [0.1, 0.15) is 42.5 Å². The number of hydrogen-bond acceptors (Lipinski definition) is 2. The van der Waals surface area contributed by atoms with E-state index in [9.17, 15) is 4.79 Å². The third kappa shape index (κ3) is 3.47. The minimum absolute atomic E-state index is 0.112. The second-order valence-corrected chi connectivity index (χ2v) is 5.61. The molecule has 1 heterocycles. The molecule has 1 aromatic carbocycles. The summed E-state index contributed by atoms with van der Waals surface area (Å²) in [7, 11) is 0. The van der Waals surface area contributed by atoms with Gasteiger partial charge in [-0.2, -0.15) is 0 Å². The zero-order valence-electron chi connectivity index (χ0n) is 11.6. The van der Waals surface area contributed by atoms with E-state index in [1.165, 1.54) is 11.8 Å². The lowest BCUT2D eigenvalue weighted by atomic mass is 9.86. The van der Waals surface area contributed by atoms with Crippen molar-refractivity contribution in [2.24, 2.45) is 0 Å². The molecule has 0 saturated carbocycles. The molecule has 0 unspecified atom stereocenters. The maximum absolute atomic E-state index is 11.8. The molecule has 0 aliphatic heterocycles. The number of amides is 1. The predicted octanol–water partition coefficient (Wildman–Crippen LogP) is 3.51. The van der Waals surface area contributed by atoms with Crippen LogP contribution in [0, 0.1) is 0 Å². The number of rotatable bonds is 3. The van der Waals surface area contributed by atoms with Gasteiger partial charge < -0.3 is 9.73 Å². The summed E-state index contributed by atoms with van der Waals surface area (Å²) in [5.41, 5.74) is 2.46. The highest BCUT2D eigenvalue weighted by atomic mass is 16.3. The number of hydrogen-bond donors (Lipinski definition) is 1. The Morgan fingerprint density at radius 3 is 2.63 bits per heavy atom. The average Bonchev–Trinajstić information content (AvgIpc) is 2.89. The molecular weight excluding hydrogens is 238 g/mol. The topological polar surface area (TPSA) is 42.2 Å². The van der Waals surface area contributed by atoms with Crippen molar-refractivity contribution in [1.82, 2.24) is 5.32 Å². The van der Waals surface area contributed by atoms with Gasteiger partial charge in [0, 0.05) is 6.54 Å². The average molecular weight is 257 g/mol. The van der Waals surface area contributed by atoms with Crippen LogP contribution in [0.25, 0.3) is 0 Å². The van der Waals surface area contributed by atoms with Crippen molar-refractivity contribution in [3.63, 3.8) is 0 Å².